The topological polar surface area (TPSA) is 49.6 Å². The van der Waals surface area contributed by atoms with Crippen molar-refractivity contribution in [2.45, 2.75) is 51.5 Å². The SMILES string of the molecule is CN(Cc1ccccc1N1CCCC1)C(=O)CCCCCCN.Cl.Cl. The van der Waals surface area contributed by atoms with Crippen LogP contribution < -0.4 is 10.6 Å². The molecule has 1 aliphatic rings. The largest absolute Gasteiger partial charge is 0.371 e. The summed E-state index contributed by atoms with van der Waals surface area (Å²) in [5, 5.41) is 0. The number of hydrogen-bond donors (Lipinski definition) is 1. The number of hydrogen-bond acceptors (Lipinski definition) is 3. The van der Waals surface area contributed by atoms with Gasteiger partial charge in [-0.15, -0.1) is 24.8 Å². The normalized spacial score (nSPS) is 13.1. The highest BCUT2D eigenvalue weighted by Gasteiger charge is 2.17. The smallest absolute Gasteiger partial charge is 0.222 e. The van der Waals surface area contributed by atoms with Gasteiger partial charge in [0.1, 0.15) is 0 Å². The molecule has 4 nitrogen and oxygen atoms in total. The molecule has 0 unspecified atom stereocenters. The van der Waals surface area contributed by atoms with Gasteiger partial charge in [0.05, 0.1) is 0 Å². The second kappa shape index (κ2) is 13.3. The molecule has 25 heavy (non-hydrogen) atoms. The van der Waals surface area contributed by atoms with Crippen molar-refractivity contribution in [3.63, 3.8) is 0 Å². The van der Waals surface area contributed by atoms with E-state index in [4.69, 9.17) is 5.73 Å². The van der Waals surface area contributed by atoms with E-state index in [-0.39, 0.29) is 30.7 Å². The van der Waals surface area contributed by atoms with Crippen molar-refractivity contribution in [1.82, 2.24) is 4.90 Å². The molecule has 1 saturated heterocycles. The summed E-state index contributed by atoms with van der Waals surface area (Å²) in [5.41, 5.74) is 8.05. The van der Waals surface area contributed by atoms with Gasteiger partial charge in [-0.25, -0.2) is 0 Å². The molecule has 1 amide bonds. The Hall–Kier alpha value is -0.970. The Morgan fingerprint density at radius 3 is 2.40 bits per heavy atom. The minimum absolute atomic E-state index is 0. The maximum Gasteiger partial charge on any atom is 0.222 e. The van der Waals surface area contributed by atoms with E-state index in [0.717, 1.165) is 45.3 Å². The van der Waals surface area contributed by atoms with Crippen molar-refractivity contribution in [2.24, 2.45) is 5.73 Å². The molecule has 1 aromatic carbocycles. The number of nitrogens with zero attached hydrogens (tertiary/aromatic N) is 2. The van der Waals surface area contributed by atoms with Crippen LogP contribution in [0.5, 0.6) is 0 Å². The van der Waals surface area contributed by atoms with Crippen molar-refractivity contribution < 1.29 is 4.79 Å². The van der Waals surface area contributed by atoms with Crippen LogP contribution in [0.4, 0.5) is 5.69 Å². The molecule has 0 saturated carbocycles. The van der Waals surface area contributed by atoms with E-state index in [9.17, 15) is 4.79 Å². The van der Waals surface area contributed by atoms with E-state index in [1.54, 1.807) is 0 Å². The molecule has 0 aromatic heterocycles. The first-order chi connectivity index (χ1) is 11.2. The first-order valence-electron chi connectivity index (χ1n) is 8.99. The van der Waals surface area contributed by atoms with Gasteiger partial charge in [0.2, 0.25) is 5.91 Å². The second-order valence-electron chi connectivity index (χ2n) is 6.53. The highest BCUT2D eigenvalue weighted by molar-refractivity contribution is 5.85. The summed E-state index contributed by atoms with van der Waals surface area (Å²) in [4.78, 5) is 16.6. The summed E-state index contributed by atoms with van der Waals surface area (Å²) in [7, 11) is 1.92. The number of nitrogens with two attached hydrogens (primary N) is 1. The molecular formula is C19H33Cl2N3O. The van der Waals surface area contributed by atoms with Crippen LogP contribution in [0.2, 0.25) is 0 Å². The number of carbonyl (C=O) groups is 1. The van der Waals surface area contributed by atoms with Gasteiger partial charge in [-0.3, -0.25) is 4.79 Å². The minimum atomic E-state index is 0. The van der Waals surface area contributed by atoms with E-state index in [1.807, 2.05) is 11.9 Å². The highest BCUT2D eigenvalue weighted by atomic mass is 35.5. The molecule has 2 N–H and O–H groups in total. The summed E-state index contributed by atoms with van der Waals surface area (Å²) in [5.74, 6) is 0.244. The van der Waals surface area contributed by atoms with Crippen molar-refractivity contribution >= 4 is 36.4 Å². The van der Waals surface area contributed by atoms with Gasteiger partial charge in [0.15, 0.2) is 0 Å². The maximum absolute atomic E-state index is 12.3. The quantitative estimate of drug-likeness (QED) is 0.649. The summed E-state index contributed by atoms with van der Waals surface area (Å²) in [6.45, 7) is 3.72. The van der Waals surface area contributed by atoms with Gasteiger partial charge in [-0.05, 0) is 43.9 Å². The Labute approximate surface area is 164 Å². The fourth-order valence-electron chi connectivity index (χ4n) is 3.22. The number of unbranched alkanes of at least 4 members (excludes halogenated alkanes) is 3. The number of para-hydroxylation sites is 1. The number of carbonyl (C=O) groups excluding carboxylic acids is 1. The average Bonchev–Trinajstić information content (AvgIpc) is 3.09. The predicted molar refractivity (Wildman–Crippen MR) is 111 cm³/mol. The lowest BCUT2D eigenvalue weighted by Crippen LogP contribution is -2.27. The number of halogens is 2. The summed E-state index contributed by atoms with van der Waals surface area (Å²) >= 11 is 0. The zero-order valence-electron chi connectivity index (χ0n) is 15.3. The summed E-state index contributed by atoms with van der Waals surface area (Å²) in [6, 6.07) is 8.50. The lowest BCUT2D eigenvalue weighted by molar-refractivity contribution is -0.130. The fraction of sp³-hybridized carbons (Fsp3) is 0.632. The van der Waals surface area contributed by atoms with Gasteiger partial charge < -0.3 is 15.5 Å². The molecule has 0 spiro atoms. The molecule has 0 aliphatic carbocycles. The van der Waals surface area contributed by atoms with E-state index in [1.165, 1.54) is 24.1 Å². The Bertz CT molecular complexity index is 493. The third-order valence-electron chi connectivity index (χ3n) is 4.62. The Morgan fingerprint density at radius 1 is 1.08 bits per heavy atom. The molecule has 1 aromatic rings. The first kappa shape index (κ1) is 24.0. The Morgan fingerprint density at radius 2 is 1.72 bits per heavy atom. The minimum Gasteiger partial charge on any atom is -0.371 e. The monoisotopic (exact) mass is 389 g/mol. The zero-order chi connectivity index (χ0) is 16.5. The van der Waals surface area contributed by atoms with Crippen LogP contribution in [0.15, 0.2) is 24.3 Å². The van der Waals surface area contributed by atoms with Crippen LogP contribution in [0, 0.1) is 0 Å². The third-order valence-corrected chi connectivity index (χ3v) is 4.62. The van der Waals surface area contributed by atoms with Gasteiger partial charge in [0, 0.05) is 38.8 Å². The van der Waals surface area contributed by atoms with E-state index >= 15 is 0 Å². The second-order valence-corrected chi connectivity index (χ2v) is 6.53. The molecule has 2 rings (SSSR count). The van der Waals surface area contributed by atoms with Crippen LogP contribution in [0.3, 0.4) is 0 Å². The molecule has 1 aliphatic heterocycles. The maximum atomic E-state index is 12.3. The van der Waals surface area contributed by atoms with Crippen LogP contribution >= 0.6 is 24.8 Å². The molecule has 6 heteroatoms. The standard InChI is InChI=1S/C19H31N3O.2ClH/c1-21(19(23)12-4-2-3-7-13-20)16-17-10-5-6-11-18(17)22-14-8-9-15-22;;/h5-6,10-11H,2-4,7-9,12-16,20H2,1H3;2*1H. The van der Waals surface area contributed by atoms with Gasteiger partial charge in [-0.1, -0.05) is 31.0 Å². The number of amides is 1. The van der Waals surface area contributed by atoms with Crippen molar-refractivity contribution in [2.75, 3.05) is 31.6 Å². The number of benzene rings is 1. The van der Waals surface area contributed by atoms with E-state index in [2.05, 4.69) is 29.2 Å². The number of anilines is 1. The van der Waals surface area contributed by atoms with Gasteiger partial charge >= 0.3 is 0 Å². The van der Waals surface area contributed by atoms with Gasteiger partial charge in [-0.2, -0.15) is 0 Å². The highest BCUT2D eigenvalue weighted by Crippen LogP contribution is 2.25. The average molecular weight is 390 g/mol. The van der Waals surface area contributed by atoms with Crippen LogP contribution in [0.1, 0.15) is 50.5 Å². The molecule has 0 atom stereocenters. The Kier molecular flexibility index (Phi) is 12.7. The van der Waals surface area contributed by atoms with Gasteiger partial charge in [0.25, 0.3) is 0 Å². The molecule has 0 bridgehead atoms. The fourth-order valence-corrected chi connectivity index (χ4v) is 3.22. The van der Waals surface area contributed by atoms with Crippen molar-refractivity contribution in [3.8, 4) is 0 Å². The molecule has 144 valence electrons. The molecule has 0 radical (unpaired) electrons. The molecular weight excluding hydrogens is 357 g/mol. The van der Waals surface area contributed by atoms with E-state index < -0.39 is 0 Å². The predicted octanol–water partition coefficient (Wildman–Crippen LogP) is 4.00. The van der Waals surface area contributed by atoms with Crippen LogP contribution in [0.25, 0.3) is 0 Å². The van der Waals surface area contributed by atoms with Crippen molar-refractivity contribution in [3.05, 3.63) is 29.8 Å². The third kappa shape index (κ3) is 7.85. The number of rotatable bonds is 9. The summed E-state index contributed by atoms with van der Waals surface area (Å²) < 4.78 is 0. The zero-order valence-corrected chi connectivity index (χ0v) is 16.9. The first-order valence-corrected chi connectivity index (χ1v) is 8.99. The molecule has 1 heterocycles. The lowest BCUT2D eigenvalue weighted by Gasteiger charge is -2.24. The van der Waals surface area contributed by atoms with E-state index in [0.29, 0.717) is 13.0 Å². The molecule has 1 fully saturated rings. The lowest BCUT2D eigenvalue weighted by atomic mass is 10.1. The van der Waals surface area contributed by atoms with Crippen LogP contribution in [-0.2, 0) is 11.3 Å². The summed E-state index contributed by atoms with van der Waals surface area (Å²) in [6.07, 6.45) is 7.45. The van der Waals surface area contributed by atoms with Crippen molar-refractivity contribution in [1.29, 1.82) is 0 Å². The van der Waals surface area contributed by atoms with Crippen LogP contribution in [-0.4, -0.2) is 37.5 Å². The Balaban J connectivity index is 0.00000288.